The van der Waals surface area contributed by atoms with Gasteiger partial charge in [-0.15, -0.1) is 0 Å². The van der Waals surface area contributed by atoms with Crippen LogP contribution in [0, 0.1) is 0 Å². The molecule has 0 bridgehead atoms. The van der Waals surface area contributed by atoms with Gasteiger partial charge in [0.25, 0.3) is 0 Å². The minimum absolute atomic E-state index is 0.0259. The van der Waals surface area contributed by atoms with Crippen molar-refractivity contribution in [2.45, 2.75) is 25.9 Å². The Morgan fingerprint density at radius 3 is 2.69 bits per heavy atom. The molecule has 1 aromatic rings. The molecule has 0 aromatic carbocycles. The average molecular weight is 225 g/mol. The van der Waals surface area contributed by atoms with Crippen molar-refractivity contribution < 1.29 is 9.59 Å². The van der Waals surface area contributed by atoms with Gasteiger partial charge < -0.3 is 16.8 Å². The molecule has 0 saturated heterocycles. The number of primary amides is 1. The second kappa shape index (κ2) is 4.31. The van der Waals surface area contributed by atoms with Crippen molar-refractivity contribution in [1.82, 2.24) is 9.78 Å². The largest absolute Gasteiger partial charge is 0.368 e. The van der Waals surface area contributed by atoms with Crippen molar-refractivity contribution in [3.63, 3.8) is 0 Å². The van der Waals surface area contributed by atoms with Crippen LogP contribution in [0.5, 0.6) is 0 Å². The number of nitrogens with two attached hydrogens (primary N) is 2. The Morgan fingerprint density at radius 1 is 1.56 bits per heavy atom. The summed E-state index contributed by atoms with van der Waals surface area (Å²) in [7, 11) is 0. The van der Waals surface area contributed by atoms with Crippen molar-refractivity contribution >= 4 is 17.5 Å². The minimum Gasteiger partial charge on any atom is -0.368 e. The Balaban J connectivity index is 2.66. The molecule has 0 aliphatic heterocycles. The highest BCUT2D eigenvalue weighted by atomic mass is 16.2. The fourth-order valence-electron chi connectivity index (χ4n) is 0.966. The molecule has 0 radical (unpaired) electrons. The summed E-state index contributed by atoms with van der Waals surface area (Å²) in [5, 5.41) is 6.43. The van der Waals surface area contributed by atoms with Crippen molar-refractivity contribution in [3.8, 4) is 0 Å². The molecule has 7 nitrogen and oxygen atoms in total. The monoisotopic (exact) mass is 225 g/mol. The maximum atomic E-state index is 11.5. The van der Waals surface area contributed by atoms with Crippen LogP contribution in [0.3, 0.4) is 0 Å². The van der Waals surface area contributed by atoms with E-state index in [4.69, 9.17) is 11.5 Å². The first-order valence-electron chi connectivity index (χ1n) is 4.70. The van der Waals surface area contributed by atoms with Crippen LogP contribution in [-0.4, -0.2) is 27.1 Å². The zero-order chi connectivity index (χ0) is 12.3. The zero-order valence-corrected chi connectivity index (χ0v) is 9.23. The lowest BCUT2D eigenvalue weighted by atomic mass is 10.1. The summed E-state index contributed by atoms with van der Waals surface area (Å²) in [4.78, 5) is 22.1. The molecule has 16 heavy (non-hydrogen) atoms. The number of nitrogens with zero attached hydrogens (tertiary/aromatic N) is 2. The highest BCUT2D eigenvalue weighted by Crippen LogP contribution is 2.08. The van der Waals surface area contributed by atoms with Crippen LogP contribution in [0.4, 0.5) is 5.69 Å². The number of hydrogen-bond donors (Lipinski definition) is 3. The van der Waals surface area contributed by atoms with Gasteiger partial charge in [-0.2, -0.15) is 5.10 Å². The lowest BCUT2D eigenvalue weighted by Crippen LogP contribution is -2.45. The van der Waals surface area contributed by atoms with Crippen LogP contribution in [0.1, 0.15) is 13.8 Å². The Morgan fingerprint density at radius 2 is 2.19 bits per heavy atom. The fourth-order valence-corrected chi connectivity index (χ4v) is 0.966. The normalized spacial score (nSPS) is 11.2. The van der Waals surface area contributed by atoms with Gasteiger partial charge in [-0.1, -0.05) is 0 Å². The topological polar surface area (TPSA) is 116 Å². The molecular formula is C9H15N5O2. The van der Waals surface area contributed by atoms with Gasteiger partial charge in [0.2, 0.25) is 11.8 Å². The van der Waals surface area contributed by atoms with E-state index < -0.39 is 11.4 Å². The summed E-state index contributed by atoms with van der Waals surface area (Å²) in [5.74, 6) is -0.828. The molecule has 1 aromatic heterocycles. The quantitative estimate of drug-likeness (QED) is 0.612. The predicted molar refractivity (Wildman–Crippen MR) is 58.3 cm³/mol. The number of nitrogens with one attached hydrogen (secondary N) is 1. The van der Waals surface area contributed by atoms with Gasteiger partial charge >= 0.3 is 0 Å². The summed E-state index contributed by atoms with van der Waals surface area (Å²) in [6, 6.07) is 0. The second-order valence-electron chi connectivity index (χ2n) is 4.07. The minimum atomic E-state index is -0.966. The molecule has 0 aliphatic rings. The van der Waals surface area contributed by atoms with E-state index in [9.17, 15) is 9.59 Å². The van der Waals surface area contributed by atoms with Gasteiger partial charge in [-0.05, 0) is 13.8 Å². The molecule has 0 aliphatic carbocycles. The van der Waals surface area contributed by atoms with E-state index in [1.165, 1.54) is 17.1 Å². The maximum absolute atomic E-state index is 11.5. The first-order chi connectivity index (χ1) is 7.29. The molecular weight excluding hydrogens is 210 g/mol. The molecule has 0 unspecified atom stereocenters. The van der Waals surface area contributed by atoms with Crippen LogP contribution < -0.4 is 16.8 Å². The van der Waals surface area contributed by atoms with Crippen LogP contribution in [0.25, 0.3) is 0 Å². The van der Waals surface area contributed by atoms with E-state index in [1.807, 2.05) is 0 Å². The third-order valence-corrected chi connectivity index (χ3v) is 1.79. The second-order valence-corrected chi connectivity index (χ2v) is 4.07. The van der Waals surface area contributed by atoms with E-state index >= 15 is 0 Å². The van der Waals surface area contributed by atoms with E-state index in [1.54, 1.807) is 13.8 Å². The summed E-state index contributed by atoms with van der Waals surface area (Å²) in [6.07, 6.45) is 2.93. The number of rotatable bonds is 4. The molecule has 2 amide bonds. The predicted octanol–water partition coefficient (Wildman–Crippen LogP) is -0.956. The number of carbonyl (C=O) groups is 2. The summed E-state index contributed by atoms with van der Waals surface area (Å²) in [5.41, 5.74) is 10.1. The van der Waals surface area contributed by atoms with E-state index in [0.29, 0.717) is 5.69 Å². The molecule has 0 fully saturated rings. The molecule has 1 heterocycles. The van der Waals surface area contributed by atoms with Gasteiger partial charge in [0.05, 0.1) is 17.4 Å². The SMILES string of the molecule is CC(C)(N)C(=O)Nc1cnn(CC(N)=O)c1. The third kappa shape index (κ3) is 3.35. The first-order valence-corrected chi connectivity index (χ1v) is 4.70. The van der Waals surface area contributed by atoms with E-state index in [2.05, 4.69) is 10.4 Å². The van der Waals surface area contributed by atoms with Crippen molar-refractivity contribution in [3.05, 3.63) is 12.4 Å². The Hall–Kier alpha value is -1.89. The summed E-state index contributed by atoms with van der Waals surface area (Å²) < 4.78 is 1.33. The van der Waals surface area contributed by atoms with Gasteiger partial charge in [0.1, 0.15) is 6.54 Å². The maximum Gasteiger partial charge on any atom is 0.243 e. The standard InChI is InChI=1S/C9H15N5O2/c1-9(2,11)8(16)13-6-3-12-14(4-6)5-7(10)15/h3-4H,5,11H2,1-2H3,(H2,10,15)(H,13,16). The molecule has 0 spiro atoms. The van der Waals surface area contributed by atoms with Crippen molar-refractivity contribution in [2.75, 3.05) is 5.32 Å². The number of carbonyl (C=O) groups excluding carboxylic acids is 2. The van der Waals surface area contributed by atoms with Crippen molar-refractivity contribution in [1.29, 1.82) is 0 Å². The fraction of sp³-hybridized carbons (Fsp3) is 0.444. The van der Waals surface area contributed by atoms with Gasteiger partial charge in [0.15, 0.2) is 0 Å². The number of hydrogen-bond acceptors (Lipinski definition) is 4. The van der Waals surface area contributed by atoms with Crippen molar-refractivity contribution in [2.24, 2.45) is 11.5 Å². The number of amides is 2. The molecule has 88 valence electrons. The van der Waals surface area contributed by atoms with Gasteiger partial charge in [0, 0.05) is 6.20 Å². The number of aromatic nitrogens is 2. The highest BCUT2D eigenvalue weighted by Gasteiger charge is 2.22. The van der Waals surface area contributed by atoms with Crippen LogP contribution in [0.15, 0.2) is 12.4 Å². The van der Waals surface area contributed by atoms with Crippen LogP contribution in [0.2, 0.25) is 0 Å². The molecule has 5 N–H and O–H groups in total. The van der Waals surface area contributed by atoms with E-state index in [-0.39, 0.29) is 12.5 Å². The molecule has 7 heteroatoms. The smallest absolute Gasteiger partial charge is 0.243 e. The van der Waals surface area contributed by atoms with Gasteiger partial charge in [-0.25, -0.2) is 0 Å². The van der Waals surface area contributed by atoms with Crippen LogP contribution >= 0.6 is 0 Å². The van der Waals surface area contributed by atoms with E-state index in [0.717, 1.165) is 0 Å². The molecule has 0 atom stereocenters. The molecule has 0 saturated carbocycles. The lowest BCUT2D eigenvalue weighted by Gasteiger charge is -2.16. The Bertz CT molecular complexity index is 404. The first kappa shape index (κ1) is 12.2. The Labute approximate surface area is 92.8 Å². The average Bonchev–Trinajstić information content (AvgIpc) is 2.49. The highest BCUT2D eigenvalue weighted by molar-refractivity contribution is 5.97. The summed E-state index contributed by atoms with van der Waals surface area (Å²) >= 11 is 0. The van der Waals surface area contributed by atoms with Crippen LogP contribution in [-0.2, 0) is 16.1 Å². The summed E-state index contributed by atoms with van der Waals surface area (Å²) in [6.45, 7) is 3.16. The third-order valence-electron chi connectivity index (χ3n) is 1.79. The lowest BCUT2D eigenvalue weighted by molar-refractivity contribution is -0.120. The zero-order valence-electron chi connectivity index (χ0n) is 9.23. The van der Waals surface area contributed by atoms with Gasteiger partial charge in [-0.3, -0.25) is 14.3 Å². The number of anilines is 1. The molecule has 1 rings (SSSR count). The Kier molecular flexibility index (Phi) is 3.28.